The summed E-state index contributed by atoms with van der Waals surface area (Å²) in [6, 6.07) is 17.6. The van der Waals surface area contributed by atoms with Gasteiger partial charge in [-0.05, 0) is 61.0 Å². The average molecular weight is 390 g/mol. The largest absolute Gasteiger partial charge is 0.309 e. The number of allylic oxidation sites excluding steroid dienone is 4. The quantitative estimate of drug-likeness (QED) is 0.597. The second-order valence-electron chi connectivity index (χ2n) is 9.03. The van der Waals surface area contributed by atoms with Crippen molar-refractivity contribution in [2.45, 2.75) is 37.8 Å². The van der Waals surface area contributed by atoms with E-state index in [1.807, 2.05) is 6.08 Å². The first-order valence-electron chi connectivity index (χ1n) is 11.0. The zero-order valence-electron chi connectivity index (χ0n) is 16.8. The van der Waals surface area contributed by atoms with Gasteiger partial charge in [-0.2, -0.15) is 0 Å². The van der Waals surface area contributed by atoms with Crippen molar-refractivity contribution < 1.29 is 4.79 Å². The molecule has 0 saturated carbocycles. The number of carbonyl (C=O) groups excluding carboxylic acids is 1. The fourth-order valence-electron chi connectivity index (χ4n) is 6.37. The van der Waals surface area contributed by atoms with Crippen LogP contribution in [0.15, 0.2) is 83.0 Å². The Labute approximate surface area is 176 Å². The monoisotopic (exact) mass is 390 g/mol. The van der Waals surface area contributed by atoms with Gasteiger partial charge in [0.25, 0.3) is 0 Å². The summed E-state index contributed by atoms with van der Waals surface area (Å²) in [6.45, 7) is 0. The molecule has 2 aliphatic heterocycles. The van der Waals surface area contributed by atoms with Gasteiger partial charge in [0.05, 0.1) is 17.1 Å². The van der Waals surface area contributed by atoms with E-state index in [9.17, 15) is 4.79 Å². The molecule has 1 spiro atoms. The van der Waals surface area contributed by atoms with Crippen LogP contribution in [0.1, 0.15) is 41.5 Å². The molecule has 0 unspecified atom stereocenters. The fraction of sp³-hybridized carbons (Fsp3) is 0.259. The summed E-state index contributed by atoms with van der Waals surface area (Å²) < 4.78 is 0. The lowest BCUT2D eigenvalue weighted by molar-refractivity contribution is -0.110. The zero-order valence-corrected chi connectivity index (χ0v) is 16.8. The first-order chi connectivity index (χ1) is 14.8. The number of aryl methyl sites for hydroxylation is 2. The predicted octanol–water partition coefficient (Wildman–Crippen LogP) is 4.94. The topological polar surface area (TPSA) is 32.7 Å². The SMILES string of the molecule is O=C1C=CC2=N[C@]34c5ccccc5CC[C@@H]3CC3=C(c5ccccc5CC3)N4C2=C1. The molecule has 146 valence electrons. The number of rotatable bonds is 0. The third kappa shape index (κ3) is 1.95. The van der Waals surface area contributed by atoms with Gasteiger partial charge < -0.3 is 4.90 Å². The molecule has 0 radical (unpaired) electrons. The van der Waals surface area contributed by atoms with Gasteiger partial charge in [-0.3, -0.25) is 4.79 Å². The second-order valence-corrected chi connectivity index (χ2v) is 9.03. The minimum atomic E-state index is -0.436. The summed E-state index contributed by atoms with van der Waals surface area (Å²) in [6.07, 6.45) is 10.9. The van der Waals surface area contributed by atoms with Crippen molar-refractivity contribution in [2.75, 3.05) is 0 Å². The van der Waals surface area contributed by atoms with Crippen molar-refractivity contribution in [1.82, 2.24) is 4.90 Å². The summed E-state index contributed by atoms with van der Waals surface area (Å²) in [4.78, 5) is 20.3. The van der Waals surface area contributed by atoms with E-state index in [-0.39, 0.29) is 5.78 Å². The van der Waals surface area contributed by atoms with Crippen molar-refractivity contribution in [1.29, 1.82) is 0 Å². The smallest absolute Gasteiger partial charge is 0.180 e. The molecule has 0 fully saturated rings. The molecule has 2 aromatic rings. The van der Waals surface area contributed by atoms with Crippen LogP contribution in [-0.4, -0.2) is 16.4 Å². The minimum absolute atomic E-state index is 0.0541. The molecule has 2 atom stereocenters. The molecule has 3 heteroatoms. The average Bonchev–Trinajstić information content (AvgIpc) is 3.12. The number of nitrogens with zero attached hydrogens (tertiary/aromatic N) is 2. The van der Waals surface area contributed by atoms with Crippen LogP contribution in [0, 0.1) is 5.92 Å². The molecule has 2 heterocycles. The third-order valence-corrected chi connectivity index (χ3v) is 7.58. The molecule has 3 nitrogen and oxygen atoms in total. The molecule has 3 aliphatic carbocycles. The number of ketones is 1. The van der Waals surface area contributed by atoms with E-state index in [0.717, 1.165) is 43.5 Å². The number of carbonyl (C=O) groups is 1. The highest BCUT2D eigenvalue weighted by atomic mass is 16.1. The van der Waals surface area contributed by atoms with Crippen LogP contribution < -0.4 is 0 Å². The van der Waals surface area contributed by atoms with Crippen molar-refractivity contribution in [3.63, 3.8) is 0 Å². The molecular weight excluding hydrogens is 368 g/mol. The molecule has 0 N–H and O–H groups in total. The Balaban J connectivity index is 1.57. The van der Waals surface area contributed by atoms with Crippen LogP contribution >= 0.6 is 0 Å². The molecule has 2 aromatic carbocycles. The van der Waals surface area contributed by atoms with E-state index in [0.29, 0.717) is 5.92 Å². The summed E-state index contributed by atoms with van der Waals surface area (Å²) >= 11 is 0. The maximum absolute atomic E-state index is 12.4. The summed E-state index contributed by atoms with van der Waals surface area (Å²) in [5, 5.41) is 0. The van der Waals surface area contributed by atoms with E-state index < -0.39 is 5.66 Å². The normalized spacial score (nSPS) is 27.9. The first kappa shape index (κ1) is 16.6. The van der Waals surface area contributed by atoms with Gasteiger partial charge >= 0.3 is 0 Å². The van der Waals surface area contributed by atoms with Gasteiger partial charge in [0, 0.05) is 23.1 Å². The van der Waals surface area contributed by atoms with E-state index in [4.69, 9.17) is 4.99 Å². The summed E-state index contributed by atoms with van der Waals surface area (Å²) in [7, 11) is 0. The summed E-state index contributed by atoms with van der Waals surface area (Å²) in [5.74, 6) is 0.484. The Morgan fingerprint density at radius 1 is 0.933 bits per heavy atom. The molecule has 0 amide bonds. The Bertz CT molecular complexity index is 1260. The minimum Gasteiger partial charge on any atom is -0.309 e. The first-order valence-corrected chi connectivity index (χ1v) is 11.0. The molecule has 7 rings (SSSR count). The number of hydrogen-bond acceptors (Lipinski definition) is 3. The fourth-order valence-corrected chi connectivity index (χ4v) is 6.37. The highest BCUT2D eigenvalue weighted by Gasteiger charge is 2.58. The van der Waals surface area contributed by atoms with Crippen LogP contribution in [0.25, 0.3) is 5.70 Å². The van der Waals surface area contributed by atoms with Gasteiger partial charge in [0.1, 0.15) is 0 Å². The molecular formula is C27H22N2O. The van der Waals surface area contributed by atoms with E-state index in [1.165, 1.54) is 33.5 Å². The standard InChI is InChI=1S/C27H22N2O/c30-21-13-14-24-25(16-21)29-26-19(10-9-17-5-1-3-7-22(17)26)15-20-12-11-18-6-2-4-8-23(18)27(20,29)28-24/h1-8,13-14,16,20H,9-12,15H2/t20-,27-/m1/s1. The van der Waals surface area contributed by atoms with Crippen molar-refractivity contribution in [2.24, 2.45) is 10.9 Å². The van der Waals surface area contributed by atoms with Crippen molar-refractivity contribution >= 4 is 17.2 Å². The van der Waals surface area contributed by atoms with E-state index >= 15 is 0 Å². The number of fused-ring (bicyclic) bond motifs is 6. The zero-order chi connectivity index (χ0) is 19.9. The Hall–Kier alpha value is -3.20. The van der Waals surface area contributed by atoms with E-state index in [1.54, 1.807) is 12.2 Å². The highest BCUT2D eigenvalue weighted by Crippen LogP contribution is 2.60. The molecule has 0 saturated heterocycles. The summed E-state index contributed by atoms with van der Waals surface area (Å²) in [5.41, 5.74) is 9.77. The molecule has 0 bridgehead atoms. The lowest BCUT2D eigenvalue weighted by Crippen LogP contribution is -2.51. The second kappa shape index (κ2) is 5.69. The van der Waals surface area contributed by atoms with Crippen LogP contribution in [0.4, 0.5) is 0 Å². The third-order valence-electron chi connectivity index (χ3n) is 7.58. The van der Waals surface area contributed by atoms with Crippen molar-refractivity contribution in [3.8, 4) is 0 Å². The Morgan fingerprint density at radius 2 is 1.77 bits per heavy atom. The van der Waals surface area contributed by atoms with Gasteiger partial charge in [-0.15, -0.1) is 0 Å². The predicted molar refractivity (Wildman–Crippen MR) is 118 cm³/mol. The van der Waals surface area contributed by atoms with E-state index in [2.05, 4.69) is 53.4 Å². The van der Waals surface area contributed by atoms with Gasteiger partial charge in [0.2, 0.25) is 0 Å². The molecule has 30 heavy (non-hydrogen) atoms. The lowest BCUT2D eigenvalue weighted by Gasteiger charge is -2.53. The Kier molecular flexibility index (Phi) is 3.15. The maximum Gasteiger partial charge on any atom is 0.180 e. The highest BCUT2D eigenvalue weighted by molar-refractivity contribution is 6.21. The van der Waals surface area contributed by atoms with Gasteiger partial charge in [-0.1, -0.05) is 48.5 Å². The van der Waals surface area contributed by atoms with Crippen LogP contribution in [-0.2, 0) is 23.3 Å². The van der Waals surface area contributed by atoms with Gasteiger partial charge in [0.15, 0.2) is 11.4 Å². The van der Waals surface area contributed by atoms with Crippen molar-refractivity contribution in [3.05, 3.63) is 100 Å². The number of aliphatic imine (C=N–C) groups is 1. The lowest BCUT2D eigenvalue weighted by atomic mass is 9.67. The van der Waals surface area contributed by atoms with Crippen LogP contribution in [0.5, 0.6) is 0 Å². The van der Waals surface area contributed by atoms with Crippen LogP contribution in [0.3, 0.4) is 0 Å². The Morgan fingerprint density at radius 3 is 2.70 bits per heavy atom. The number of benzene rings is 2. The van der Waals surface area contributed by atoms with Crippen LogP contribution in [0.2, 0.25) is 0 Å². The molecule has 5 aliphatic rings. The molecule has 0 aromatic heterocycles. The van der Waals surface area contributed by atoms with Gasteiger partial charge in [-0.25, -0.2) is 4.99 Å². The maximum atomic E-state index is 12.4. The number of hydrogen-bond donors (Lipinski definition) is 0.